The van der Waals surface area contributed by atoms with Gasteiger partial charge < -0.3 is 9.84 Å². The molecule has 0 aromatic heterocycles. The summed E-state index contributed by atoms with van der Waals surface area (Å²) in [6.45, 7) is 3.02. The molecule has 0 amide bonds. The van der Waals surface area contributed by atoms with Crippen LogP contribution in [0.25, 0.3) is 0 Å². The molecular weight excluding hydrogens is 152 g/mol. The molecule has 2 fully saturated rings. The van der Waals surface area contributed by atoms with Crippen molar-refractivity contribution in [2.45, 2.75) is 50.7 Å². The van der Waals surface area contributed by atoms with Gasteiger partial charge in [-0.15, -0.1) is 0 Å². The molecule has 70 valence electrons. The molecule has 2 atom stereocenters. The summed E-state index contributed by atoms with van der Waals surface area (Å²) in [6, 6.07) is 0. The van der Waals surface area contributed by atoms with Crippen molar-refractivity contribution in [1.29, 1.82) is 0 Å². The second-order valence-electron chi connectivity index (χ2n) is 4.30. The van der Waals surface area contributed by atoms with E-state index in [-0.39, 0.29) is 5.60 Å². The van der Waals surface area contributed by atoms with Gasteiger partial charge in [0, 0.05) is 12.5 Å². The summed E-state index contributed by atoms with van der Waals surface area (Å²) < 4.78 is 5.65. The van der Waals surface area contributed by atoms with E-state index in [4.69, 9.17) is 4.74 Å². The molecule has 2 heteroatoms. The molecule has 1 aliphatic heterocycles. The molecule has 2 rings (SSSR count). The number of aliphatic hydroxyl groups is 1. The third-order valence-electron chi connectivity index (χ3n) is 3.38. The van der Waals surface area contributed by atoms with Crippen LogP contribution in [0.5, 0.6) is 0 Å². The molecule has 1 heterocycles. The maximum atomic E-state index is 9.87. The van der Waals surface area contributed by atoms with Gasteiger partial charge in [-0.25, -0.2) is 0 Å². The van der Waals surface area contributed by atoms with Crippen LogP contribution in [-0.4, -0.2) is 23.4 Å². The average molecular weight is 170 g/mol. The Kier molecular flexibility index (Phi) is 2.13. The van der Waals surface area contributed by atoms with Gasteiger partial charge in [-0.2, -0.15) is 0 Å². The smallest absolute Gasteiger partial charge is 0.0700 e. The Morgan fingerprint density at radius 1 is 1.42 bits per heavy atom. The quantitative estimate of drug-likeness (QED) is 0.683. The first-order valence-corrected chi connectivity index (χ1v) is 5.06. The van der Waals surface area contributed by atoms with Crippen molar-refractivity contribution in [1.82, 2.24) is 0 Å². The van der Waals surface area contributed by atoms with Gasteiger partial charge in [-0.1, -0.05) is 6.92 Å². The third-order valence-corrected chi connectivity index (χ3v) is 3.38. The van der Waals surface area contributed by atoms with Crippen molar-refractivity contribution >= 4 is 0 Å². The standard InChI is InChI=1S/C10H18O2/c1-8(10(11)5-6-10)9-4-2-3-7-12-9/h8-9,11H,2-7H2,1H3/t8-,9?/m0/s1. The largest absolute Gasteiger partial charge is 0.390 e. The highest BCUT2D eigenvalue weighted by Crippen LogP contribution is 2.45. The monoisotopic (exact) mass is 170 g/mol. The summed E-state index contributed by atoms with van der Waals surface area (Å²) in [6.07, 6.45) is 5.89. The number of hydrogen-bond donors (Lipinski definition) is 1. The summed E-state index contributed by atoms with van der Waals surface area (Å²) in [4.78, 5) is 0. The van der Waals surface area contributed by atoms with Crippen LogP contribution >= 0.6 is 0 Å². The molecule has 0 bridgehead atoms. The Labute approximate surface area is 73.9 Å². The molecule has 1 aliphatic carbocycles. The summed E-state index contributed by atoms with van der Waals surface area (Å²) in [7, 11) is 0. The molecule has 1 saturated carbocycles. The molecule has 12 heavy (non-hydrogen) atoms. The first kappa shape index (κ1) is 8.52. The molecule has 1 unspecified atom stereocenters. The van der Waals surface area contributed by atoms with Crippen LogP contribution < -0.4 is 0 Å². The molecule has 0 radical (unpaired) electrons. The molecule has 0 spiro atoms. The van der Waals surface area contributed by atoms with Crippen molar-refractivity contribution in [3.8, 4) is 0 Å². The minimum Gasteiger partial charge on any atom is -0.390 e. The van der Waals surface area contributed by atoms with Crippen LogP contribution in [0.3, 0.4) is 0 Å². The number of ether oxygens (including phenoxy) is 1. The van der Waals surface area contributed by atoms with Crippen LogP contribution in [0.15, 0.2) is 0 Å². The minimum atomic E-state index is -0.359. The Balaban J connectivity index is 1.89. The van der Waals surface area contributed by atoms with E-state index in [0.717, 1.165) is 25.9 Å². The van der Waals surface area contributed by atoms with E-state index in [1.807, 2.05) is 0 Å². The molecule has 0 aromatic carbocycles. The maximum Gasteiger partial charge on any atom is 0.0700 e. The number of hydrogen-bond acceptors (Lipinski definition) is 2. The predicted octanol–water partition coefficient (Wildman–Crippen LogP) is 1.72. The fourth-order valence-electron chi connectivity index (χ4n) is 2.09. The van der Waals surface area contributed by atoms with Gasteiger partial charge in [0.2, 0.25) is 0 Å². The minimum absolute atomic E-state index is 0.325. The molecule has 1 N–H and O–H groups in total. The highest BCUT2D eigenvalue weighted by Gasteiger charge is 2.48. The van der Waals surface area contributed by atoms with Gasteiger partial charge in [-0.05, 0) is 32.1 Å². The van der Waals surface area contributed by atoms with Crippen molar-refractivity contribution in [2.75, 3.05) is 6.61 Å². The van der Waals surface area contributed by atoms with Gasteiger partial charge >= 0.3 is 0 Å². The molecule has 2 nitrogen and oxygen atoms in total. The van der Waals surface area contributed by atoms with Crippen LogP contribution in [0.4, 0.5) is 0 Å². The zero-order valence-electron chi connectivity index (χ0n) is 7.75. The van der Waals surface area contributed by atoms with Crippen LogP contribution in [0.1, 0.15) is 39.0 Å². The predicted molar refractivity (Wildman–Crippen MR) is 46.9 cm³/mol. The summed E-state index contributed by atoms with van der Waals surface area (Å²) in [5, 5.41) is 9.87. The molecule has 2 aliphatic rings. The zero-order chi connectivity index (χ0) is 8.60. The Morgan fingerprint density at radius 3 is 2.67 bits per heavy atom. The van der Waals surface area contributed by atoms with Crippen molar-refractivity contribution in [3.63, 3.8) is 0 Å². The van der Waals surface area contributed by atoms with E-state index in [2.05, 4.69) is 6.92 Å². The van der Waals surface area contributed by atoms with E-state index in [1.165, 1.54) is 12.8 Å². The third kappa shape index (κ3) is 1.50. The highest BCUT2D eigenvalue weighted by atomic mass is 16.5. The van der Waals surface area contributed by atoms with Gasteiger partial charge in [0.1, 0.15) is 0 Å². The Bertz CT molecular complexity index is 157. The lowest BCUT2D eigenvalue weighted by atomic mass is 9.91. The van der Waals surface area contributed by atoms with Gasteiger partial charge in [0.15, 0.2) is 0 Å². The fourth-order valence-corrected chi connectivity index (χ4v) is 2.09. The molecule has 1 saturated heterocycles. The van der Waals surface area contributed by atoms with Gasteiger partial charge in [0.05, 0.1) is 11.7 Å². The lowest BCUT2D eigenvalue weighted by molar-refractivity contribution is -0.0626. The normalized spacial score (nSPS) is 36.0. The van der Waals surface area contributed by atoms with E-state index >= 15 is 0 Å². The van der Waals surface area contributed by atoms with Crippen molar-refractivity contribution < 1.29 is 9.84 Å². The van der Waals surface area contributed by atoms with Crippen LogP contribution in [0.2, 0.25) is 0 Å². The first-order chi connectivity index (χ1) is 5.72. The Morgan fingerprint density at radius 2 is 2.17 bits per heavy atom. The maximum absolute atomic E-state index is 9.87. The lowest BCUT2D eigenvalue weighted by Gasteiger charge is -2.31. The lowest BCUT2D eigenvalue weighted by Crippen LogP contribution is -2.35. The zero-order valence-corrected chi connectivity index (χ0v) is 7.75. The molecular formula is C10H18O2. The Hall–Kier alpha value is -0.0800. The van der Waals surface area contributed by atoms with Crippen molar-refractivity contribution in [2.24, 2.45) is 5.92 Å². The topological polar surface area (TPSA) is 29.5 Å². The average Bonchev–Trinajstić information content (AvgIpc) is 2.85. The molecule has 0 aromatic rings. The van der Waals surface area contributed by atoms with E-state index in [1.54, 1.807) is 0 Å². The van der Waals surface area contributed by atoms with Crippen LogP contribution in [-0.2, 0) is 4.74 Å². The summed E-state index contributed by atoms with van der Waals surface area (Å²) in [5.74, 6) is 0.345. The first-order valence-electron chi connectivity index (χ1n) is 5.06. The fraction of sp³-hybridized carbons (Fsp3) is 1.00. The van der Waals surface area contributed by atoms with E-state index in [0.29, 0.717) is 12.0 Å². The number of rotatable bonds is 2. The highest BCUT2D eigenvalue weighted by molar-refractivity contribution is 5.00. The van der Waals surface area contributed by atoms with Crippen molar-refractivity contribution in [3.05, 3.63) is 0 Å². The van der Waals surface area contributed by atoms with Gasteiger partial charge in [-0.3, -0.25) is 0 Å². The second kappa shape index (κ2) is 3.00. The van der Waals surface area contributed by atoms with Gasteiger partial charge in [0.25, 0.3) is 0 Å². The SMILES string of the molecule is C[C@@H](C1CCCCO1)C1(O)CC1. The van der Waals surface area contributed by atoms with E-state index < -0.39 is 0 Å². The summed E-state index contributed by atoms with van der Waals surface area (Å²) in [5.41, 5.74) is -0.359. The van der Waals surface area contributed by atoms with E-state index in [9.17, 15) is 5.11 Å². The second-order valence-corrected chi connectivity index (χ2v) is 4.30. The van der Waals surface area contributed by atoms with Crippen LogP contribution in [0, 0.1) is 5.92 Å². The summed E-state index contributed by atoms with van der Waals surface area (Å²) >= 11 is 0.